The van der Waals surface area contributed by atoms with Crippen LogP contribution in [-0.2, 0) is 16.0 Å². The fourth-order valence-corrected chi connectivity index (χ4v) is 2.53. The Morgan fingerprint density at radius 3 is 2.53 bits per heavy atom. The van der Waals surface area contributed by atoms with Gasteiger partial charge in [-0.15, -0.1) is 0 Å². The summed E-state index contributed by atoms with van der Waals surface area (Å²) in [4.78, 5) is 24.9. The molecular formula is C14H18N2O3. The Morgan fingerprint density at radius 1 is 1.37 bits per heavy atom. The zero-order valence-corrected chi connectivity index (χ0v) is 10.9. The molecule has 0 spiro atoms. The maximum Gasteiger partial charge on any atom is 0.308 e. The van der Waals surface area contributed by atoms with Crippen molar-refractivity contribution in [1.82, 2.24) is 4.90 Å². The molecule has 1 aliphatic rings. The number of rotatable bonds is 3. The van der Waals surface area contributed by atoms with Crippen molar-refractivity contribution in [2.75, 3.05) is 12.3 Å². The number of carbonyl (C=O) groups is 2. The fraction of sp³-hybridized carbons (Fsp3) is 0.429. The van der Waals surface area contributed by atoms with Gasteiger partial charge in [0.05, 0.1) is 12.3 Å². The molecule has 0 saturated carbocycles. The lowest BCUT2D eigenvalue weighted by atomic mass is 10.0. The first-order valence-electron chi connectivity index (χ1n) is 6.35. The van der Waals surface area contributed by atoms with Crippen molar-refractivity contribution < 1.29 is 14.7 Å². The summed E-state index contributed by atoms with van der Waals surface area (Å²) in [7, 11) is 0. The van der Waals surface area contributed by atoms with Gasteiger partial charge in [0.2, 0.25) is 5.91 Å². The minimum atomic E-state index is -0.824. The van der Waals surface area contributed by atoms with Crippen LogP contribution in [0.15, 0.2) is 24.3 Å². The molecule has 0 aromatic heterocycles. The molecule has 1 fully saturated rings. The van der Waals surface area contributed by atoms with Crippen LogP contribution in [0.3, 0.4) is 0 Å². The van der Waals surface area contributed by atoms with Crippen LogP contribution < -0.4 is 5.73 Å². The van der Waals surface area contributed by atoms with Crippen LogP contribution in [-0.4, -0.2) is 34.5 Å². The first kappa shape index (κ1) is 13.4. The van der Waals surface area contributed by atoms with E-state index in [4.69, 9.17) is 10.8 Å². The molecule has 2 unspecified atom stereocenters. The summed E-state index contributed by atoms with van der Waals surface area (Å²) in [6.07, 6.45) is 0.820. The van der Waals surface area contributed by atoms with Gasteiger partial charge in [-0.05, 0) is 31.0 Å². The van der Waals surface area contributed by atoms with E-state index in [2.05, 4.69) is 0 Å². The average Bonchev–Trinajstić information content (AvgIpc) is 2.74. The van der Waals surface area contributed by atoms with Crippen LogP contribution in [0, 0.1) is 5.92 Å². The van der Waals surface area contributed by atoms with Gasteiger partial charge in [-0.3, -0.25) is 9.59 Å². The van der Waals surface area contributed by atoms with Gasteiger partial charge in [-0.1, -0.05) is 12.1 Å². The number of benzene rings is 1. The van der Waals surface area contributed by atoms with E-state index < -0.39 is 11.9 Å². The number of aliphatic carboxylic acids is 1. The lowest BCUT2D eigenvalue weighted by molar-refractivity contribution is -0.143. The summed E-state index contributed by atoms with van der Waals surface area (Å²) >= 11 is 0. The predicted octanol–water partition coefficient (Wildman–Crippen LogP) is 1.13. The maximum absolute atomic E-state index is 12.2. The third-order valence-electron chi connectivity index (χ3n) is 3.73. The number of likely N-dealkylation sites (tertiary alicyclic amines) is 1. The van der Waals surface area contributed by atoms with E-state index in [9.17, 15) is 9.59 Å². The number of anilines is 1. The summed E-state index contributed by atoms with van der Waals surface area (Å²) in [6.45, 7) is 2.32. The molecule has 1 aliphatic heterocycles. The molecule has 2 atom stereocenters. The maximum atomic E-state index is 12.2. The molecule has 1 saturated heterocycles. The Morgan fingerprint density at radius 2 is 2.00 bits per heavy atom. The second kappa shape index (κ2) is 5.30. The highest BCUT2D eigenvalue weighted by molar-refractivity contribution is 5.81. The summed E-state index contributed by atoms with van der Waals surface area (Å²) < 4.78 is 0. The van der Waals surface area contributed by atoms with Gasteiger partial charge in [0.1, 0.15) is 0 Å². The van der Waals surface area contributed by atoms with Crippen LogP contribution in [0.1, 0.15) is 18.9 Å². The predicted molar refractivity (Wildman–Crippen MR) is 71.5 cm³/mol. The fourth-order valence-electron chi connectivity index (χ4n) is 2.53. The molecule has 1 amide bonds. The van der Waals surface area contributed by atoms with E-state index >= 15 is 0 Å². The molecule has 19 heavy (non-hydrogen) atoms. The molecule has 3 N–H and O–H groups in total. The Kier molecular flexibility index (Phi) is 3.74. The molecule has 0 radical (unpaired) electrons. The van der Waals surface area contributed by atoms with Crippen molar-refractivity contribution in [3.05, 3.63) is 29.8 Å². The number of nitrogen functional groups attached to an aromatic ring is 1. The van der Waals surface area contributed by atoms with Gasteiger partial charge in [-0.2, -0.15) is 0 Å². The number of amides is 1. The third-order valence-corrected chi connectivity index (χ3v) is 3.73. The second-order valence-corrected chi connectivity index (χ2v) is 4.98. The van der Waals surface area contributed by atoms with Crippen molar-refractivity contribution in [3.63, 3.8) is 0 Å². The second-order valence-electron chi connectivity index (χ2n) is 4.98. The molecule has 1 heterocycles. The zero-order valence-electron chi connectivity index (χ0n) is 10.9. The van der Waals surface area contributed by atoms with Crippen LogP contribution in [0.25, 0.3) is 0 Å². The number of nitrogens with zero attached hydrogens (tertiary/aromatic N) is 1. The van der Waals surface area contributed by atoms with Gasteiger partial charge in [-0.25, -0.2) is 0 Å². The molecular weight excluding hydrogens is 244 g/mol. The topological polar surface area (TPSA) is 83.6 Å². The Hall–Kier alpha value is -2.04. The first-order valence-corrected chi connectivity index (χ1v) is 6.35. The number of hydrogen-bond donors (Lipinski definition) is 2. The first-order chi connectivity index (χ1) is 8.99. The van der Waals surface area contributed by atoms with Gasteiger partial charge >= 0.3 is 5.97 Å². The number of carboxylic acids is 1. The molecule has 1 aromatic carbocycles. The van der Waals surface area contributed by atoms with Crippen molar-refractivity contribution in [3.8, 4) is 0 Å². The Balaban J connectivity index is 2.01. The highest BCUT2D eigenvalue weighted by atomic mass is 16.4. The number of nitrogens with two attached hydrogens (primary N) is 1. The molecule has 0 aliphatic carbocycles. The van der Waals surface area contributed by atoms with Crippen LogP contribution in [0.5, 0.6) is 0 Å². The highest BCUT2D eigenvalue weighted by Gasteiger charge is 2.37. The minimum absolute atomic E-state index is 0.0268. The Labute approximate surface area is 112 Å². The quantitative estimate of drug-likeness (QED) is 0.800. The summed E-state index contributed by atoms with van der Waals surface area (Å²) in [5.41, 5.74) is 7.15. The van der Waals surface area contributed by atoms with E-state index in [1.807, 2.05) is 12.1 Å². The lowest BCUT2D eigenvalue weighted by Gasteiger charge is -2.23. The largest absolute Gasteiger partial charge is 0.481 e. The van der Waals surface area contributed by atoms with E-state index in [-0.39, 0.29) is 18.4 Å². The van der Waals surface area contributed by atoms with Crippen LogP contribution >= 0.6 is 0 Å². The average molecular weight is 262 g/mol. The van der Waals surface area contributed by atoms with Crippen LogP contribution in [0.2, 0.25) is 0 Å². The Bertz CT molecular complexity index is 484. The summed E-state index contributed by atoms with van der Waals surface area (Å²) in [5, 5.41) is 9.05. The number of carboxylic acid groups (broad SMARTS) is 1. The van der Waals surface area contributed by atoms with Gasteiger partial charge in [0.15, 0.2) is 0 Å². The van der Waals surface area contributed by atoms with E-state index in [1.54, 1.807) is 24.0 Å². The summed E-state index contributed by atoms with van der Waals surface area (Å²) in [6, 6.07) is 6.93. The van der Waals surface area contributed by atoms with Crippen molar-refractivity contribution in [2.45, 2.75) is 25.8 Å². The van der Waals surface area contributed by atoms with Crippen LogP contribution in [0.4, 0.5) is 5.69 Å². The molecule has 0 bridgehead atoms. The van der Waals surface area contributed by atoms with E-state index in [0.717, 1.165) is 5.56 Å². The highest BCUT2D eigenvalue weighted by Crippen LogP contribution is 2.25. The SMILES string of the molecule is CC1C(C(=O)O)CCN1C(=O)Cc1ccc(N)cc1. The van der Waals surface area contributed by atoms with Crippen molar-refractivity contribution >= 4 is 17.6 Å². The monoisotopic (exact) mass is 262 g/mol. The van der Waals surface area contributed by atoms with Gasteiger partial charge in [0, 0.05) is 18.3 Å². The molecule has 1 aromatic rings. The number of hydrogen-bond acceptors (Lipinski definition) is 3. The molecule has 2 rings (SSSR count). The van der Waals surface area contributed by atoms with E-state index in [0.29, 0.717) is 18.7 Å². The standard InChI is InChI=1S/C14H18N2O3/c1-9-12(14(18)19)6-7-16(9)13(17)8-10-2-4-11(15)5-3-10/h2-5,9,12H,6-8,15H2,1H3,(H,18,19). The smallest absolute Gasteiger partial charge is 0.308 e. The van der Waals surface area contributed by atoms with E-state index in [1.165, 1.54) is 0 Å². The van der Waals surface area contributed by atoms with Crippen molar-refractivity contribution in [1.29, 1.82) is 0 Å². The minimum Gasteiger partial charge on any atom is -0.481 e. The molecule has 5 nitrogen and oxygen atoms in total. The number of carbonyl (C=O) groups excluding carboxylic acids is 1. The van der Waals surface area contributed by atoms with Crippen molar-refractivity contribution in [2.24, 2.45) is 5.92 Å². The lowest BCUT2D eigenvalue weighted by Crippen LogP contribution is -2.38. The zero-order chi connectivity index (χ0) is 14.0. The molecule has 5 heteroatoms. The molecule has 102 valence electrons. The third kappa shape index (κ3) is 2.86. The van der Waals surface area contributed by atoms with Gasteiger partial charge < -0.3 is 15.7 Å². The normalized spacial score (nSPS) is 22.5. The summed E-state index contributed by atoms with van der Waals surface area (Å²) in [5.74, 6) is -1.30. The van der Waals surface area contributed by atoms with Gasteiger partial charge in [0.25, 0.3) is 0 Å².